The Morgan fingerprint density at radius 3 is 1.80 bits per heavy atom. The largest absolute Gasteiger partial charge is 0.493 e. The van der Waals surface area contributed by atoms with Crippen LogP contribution in [-0.2, 0) is 30.4 Å². The van der Waals surface area contributed by atoms with Crippen molar-refractivity contribution in [3.63, 3.8) is 0 Å². The lowest BCUT2D eigenvalue weighted by molar-refractivity contribution is 0.0600. The van der Waals surface area contributed by atoms with Crippen LogP contribution in [0.25, 0.3) is 0 Å². The highest BCUT2D eigenvalue weighted by Crippen LogP contribution is 2.28. The average Bonchev–Trinajstić information content (AvgIpc) is 2.81. The Balaban J connectivity index is 1.64. The van der Waals surface area contributed by atoms with E-state index in [9.17, 15) is 4.79 Å². The Labute approximate surface area is 178 Å². The van der Waals surface area contributed by atoms with E-state index < -0.39 is 0 Å². The van der Waals surface area contributed by atoms with E-state index in [0.29, 0.717) is 5.56 Å². The third-order valence-electron chi connectivity index (χ3n) is 5.31. The predicted octanol–water partition coefficient (Wildman–Crippen LogP) is 5.06. The highest BCUT2D eigenvalue weighted by atomic mass is 16.5. The highest BCUT2D eigenvalue weighted by Gasteiger charge is 2.08. The Morgan fingerprint density at radius 1 is 0.667 bits per heavy atom. The molecule has 4 nitrogen and oxygen atoms in total. The maximum atomic E-state index is 11.6. The van der Waals surface area contributed by atoms with Crippen molar-refractivity contribution in [1.29, 1.82) is 0 Å². The van der Waals surface area contributed by atoms with Gasteiger partial charge in [0.1, 0.15) is 0 Å². The van der Waals surface area contributed by atoms with Crippen LogP contribution in [0.5, 0.6) is 11.5 Å². The third-order valence-corrected chi connectivity index (χ3v) is 5.31. The summed E-state index contributed by atoms with van der Waals surface area (Å²) in [7, 11) is 4.71. The molecule has 0 spiro atoms. The van der Waals surface area contributed by atoms with Gasteiger partial charge < -0.3 is 14.2 Å². The lowest BCUT2D eigenvalue weighted by Crippen LogP contribution is -2.02. The van der Waals surface area contributed by atoms with Gasteiger partial charge in [-0.15, -0.1) is 0 Å². The van der Waals surface area contributed by atoms with Gasteiger partial charge in [-0.05, 0) is 72.2 Å². The second kappa shape index (κ2) is 10.5. The molecule has 0 heterocycles. The number of carbonyl (C=O) groups excluding carboxylic acids is 1. The van der Waals surface area contributed by atoms with Crippen LogP contribution >= 0.6 is 0 Å². The fourth-order valence-electron chi connectivity index (χ4n) is 3.56. The first-order chi connectivity index (χ1) is 14.6. The van der Waals surface area contributed by atoms with Crippen LogP contribution in [-0.4, -0.2) is 27.3 Å². The molecule has 156 valence electrons. The number of esters is 1. The molecular weight excluding hydrogens is 376 g/mol. The molecule has 0 unspecified atom stereocenters. The number of rotatable bonds is 9. The molecule has 0 radical (unpaired) electrons. The topological polar surface area (TPSA) is 44.8 Å². The van der Waals surface area contributed by atoms with E-state index in [1.165, 1.54) is 29.4 Å². The quantitative estimate of drug-likeness (QED) is 0.468. The van der Waals surface area contributed by atoms with E-state index in [4.69, 9.17) is 14.2 Å². The van der Waals surface area contributed by atoms with E-state index in [0.717, 1.165) is 37.2 Å². The van der Waals surface area contributed by atoms with Crippen molar-refractivity contribution in [2.75, 3.05) is 21.3 Å². The summed E-state index contributed by atoms with van der Waals surface area (Å²) in [5.41, 5.74) is 5.73. The molecule has 0 bridgehead atoms. The fraction of sp³-hybridized carbons (Fsp3) is 0.269. The molecule has 0 N–H and O–H groups in total. The predicted molar refractivity (Wildman–Crippen MR) is 119 cm³/mol. The van der Waals surface area contributed by atoms with Crippen LogP contribution in [0, 0.1) is 0 Å². The molecule has 0 amide bonds. The molecule has 0 saturated heterocycles. The Bertz CT molecular complexity index is 977. The summed E-state index contributed by atoms with van der Waals surface area (Å²) < 4.78 is 15.5. The second-order valence-corrected chi connectivity index (χ2v) is 7.15. The minimum atomic E-state index is -0.304. The first-order valence-electron chi connectivity index (χ1n) is 10.1. The molecule has 0 aromatic heterocycles. The van der Waals surface area contributed by atoms with E-state index in [1.807, 2.05) is 36.4 Å². The van der Waals surface area contributed by atoms with Crippen LogP contribution in [0.15, 0.2) is 66.7 Å². The van der Waals surface area contributed by atoms with Gasteiger partial charge in [0.05, 0.1) is 26.9 Å². The summed E-state index contributed by atoms with van der Waals surface area (Å²) in [5.74, 6) is 1.21. The monoisotopic (exact) mass is 404 g/mol. The Kier molecular flexibility index (Phi) is 7.50. The molecule has 0 aliphatic rings. The van der Waals surface area contributed by atoms with Gasteiger partial charge in [-0.25, -0.2) is 4.79 Å². The maximum absolute atomic E-state index is 11.6. The number of aryl methyl sites for hydroxylation is 4. The van der Waals surface area contributed by atoms with Crippen molar-refractivity contribution in [2.45, 2.75) is 25.7 Å². The molecule has 3 rings (SSSR count). The zero-order chi connectivity index (χ0) is 21.3. The summed E-state index contributed by atoms with van der Waals surface area (Å²) in [6.45, 7) is 0. The van der Waals surface area contributed by atoms with Crippen LogP contribution in [0.3, 0.4) is 0 Å². The van der Waals surface area contributed by atoms with Crippen LogP contribution in [0.1, 0.15) is 32.6 Å². The summed E-state index contributed by atoms with van der Waals surface area (Å²) in [6.07, 6.45) is 3.78. The Hall–Kier alpha value is -3.27. The van der Waals surface area contributed by atoms with E-state index in [-0.39, 0.29) is 5.97 Å². The molecule has 0 aliphatic carbocycles. The maximum Gasteiger partial charge on any atom is 0.337 e. The zero-order valence-electron chi connectivity index (χ0n) is 17.8. The summed E-state index contributed by atoms with van der Waals surface area (Å²) in [4.78, 5) is 11.6. The third kappa shape index (κ3) is 5.41. The summed E-state index contributed by atoms with van der Waals surface area (Å²) in [6, 6.07) is 22.3. The van der Waals surface area contributed by atoms with Gasteiger partial charge >= 0.3 is 5.97 Å². The summed E-state index contributed by atoms with van der Waals surface area (Å²) in [5, 5.41) is 0. The standard InChI is InChI=1S/C26H28O4/c1-28-24-17-12-20(18-25(24)29-2)11-14-22-7-5-4-6-21(22)13-8-19-9-15-23(16-10-19)26(27)30-3/h4-7,9-10,12,15-18H,8,11,13-14H2,1-3H3. The van der Waals surface area contributed by atoms with Gasteiger partial charge in [-0.2, -0.15) is 0 Å². The first kappa shape index (κ1) is 21.4. The van der Waals surface area contributed by atoms with Crippen molar-refractivity contribution in [2.24, 2.45) is 0 Å². The van der Waals surface area contributed by atoms with Gasteiger partial charge in [-0.1, -0.05) is 42.5 Å². The van der Waals surface area contributed by atoms with Crippen molar-refractivity contribution in [3.05, 3.63) is 94.5 Å². The lowest BCUT2D eigenvalue weighted by Gasteiger charge is -2.12. The van der Waals surface area contributed by atoms with Gasteiger partial charge in [0.15, 0.2) is 11.5 Å². The molecule has 0 saturated carbocycles. The summed E-state index contributed by atoms with van der Waals surface area (Å²) >= 11 is 0. The molecule has 4 heteroatoms. The average molecular weight is 405 g/mol. The van der Waals surface area contributed by atoms with E-state index in [2.05, 4.69) is 30.3 Å². The van der Waals surface area contributed by atoms with E-state index in [1.54, 1.807) is 14.2 Å². The molecule has 0 atom stereocenters. The Morgan fingerprint density at radius 2 is 1.23 bits per heavy atom. The smallest absolute Gasteiger partial charge is 0.337 e. The number of hydrogen-bond donors (Lipinski definition) is 0. The molecule has 3 aromatic rings. The SMILES string of the molecule is COC(=O)c1ccc(CCc2ccccc2CCc2ccc(OC)c(OC)c2)cc1. The van der Waals surface area contributed by atoms with Gasteiger partial charge in [-0.3, -0.25) is 0 Å². The molecule has 3 aromatic carbocycles. The second-order valence-electron chi connectivity index (χ2n) is 7.15. The number of hydrogen-bond acceptors (Lipinski definition) is 4. The van der Waals surface area contributed by atoms with Crippen molar-refractivity contribution in [3.8, 4) is 11.5 Å². The van der Waals surface area contributed by atoms with Crippen LogP contribution < -0.4 is 9.47 Å². The number of methoxy groups -OCH3 is 3. The molecule has 0 fully saturated rings. The number of carbonyl (C=O) groups is 1. The van der Waals surface area contributed by atoms with Gasteiger partial charge in [0.25, 0.3) is 0 Å². The minimum absolute atomic E-state index is 0.304. The van der Waals surface area contributed by atoms with Crippen molar-refractivity contribution >= 4 is 5.97 Å². The molecular formula is C26H28O4. The van der Waals surface area contributed by atoms with E-state index >= 15 is 0 Å². The lowest BCUT2D eigenvalue weighted by atomic mass is 9.95. The number of benzene rings is 3. The van der Waals surface area contributed by atoms with Crippen molar-refractivity contribution < 1.29 is 19.0 Å². The highest BCUT2D eigenvalue weighted by molar-refractivity contribution is 5.89. The first-order valence-corrected chi connectivity index (χ1v) is 10.1. The normalized spacial score (nSPS) is 10.5. The van der Waals surface area contributed by atoms with Crippen LogP contribution in [0.2, 0.25) is 0 Å². The number of ether oxygens (including phenoxy) is 3. The van der Waals surface area contributed by atoms with Crippen molar-refractivity contribution in [1.82, 2.24) is 0 Å². The molecule has 0 aliphatic heterocycles. The fourth-order valence-corrected chi connectivity index (χ4v) is 3.56. The molecule has 30 heavy (non-hydrogen) atoms. The van der Waals surface area contributed by atoms with Gasteiger partial charge in [0.2, 0.25) is 0 Å². The van der Waals surface area contributed by atoms with Crippen LogP contribution in [0.4, 0.5) is 0 Å². The minimum Gasteiger partial charge on any atom is -0.493 e. The zero-order valence-corrected chi connectivity index (χ0v) is 17.8. The van der Waals surface area contributed by atoms with Gasteiger partial charge in [0, 0.05) is 0 Å².